The monoisotopic (exact) mass is 283 g/mol. The van der Waals surface area contributed by atoms with Gasteiger partial charge in [0, 0.05) is 11.8 Å². The maximum Gasteiger partial charge on any atom is 0.329 e. The van der Waals surface area contributed by atoms with Gasteiger partial charge in [-0.15, -0.1) is 0 Å². The third kappa shape index (κ3) is 2.37. The molecule has 0 bridgehead atoms. The molecule has 1 amide bonds. The molecule has 4 nitrogen and oxygen atoms in total. The van der Waals surface area contributed by atoms with Gasteiger partial charge in [-0.1, -0.05) is 13.0 Å². The molecule has 1 aliphatic rings. The standard InChI is InChI=1S/C14H15F2NO3/c1-3-20-13(19)12-14(2,7-11(18)17-12)8-4-5-9(15)10(16)6-8/h4-6,12H,3,7H2,1-2H3,(H,17,18). The number of hydrogen-bond donors (Lipinski definition) is 1. The molecule has 1 N–H and O–H groups in total. The fourth-order valence-electron chi connectivity index (χ4n) is 2.47. The molecule has 6 heteroatoms. The highest BCUT2D eigenvalue weighted by Gasteiger charge is 2.49. The van der Waals surface area contributed by atoms with Gasteiger partial charge in [-0.05, 0) is 24.6 Å². The first-order chi connectivity index (χ1) is 9.38. The topological polar surface area (TPSA) is 55.4 Å². The maximum absolute atomic E-state index is 13.4. The number of halogens is 2. The minimum absolute atomic E-state index is 0.0154. The van der Waals surface area contributed by atoms with Gasteiger partial charge in [-0.2, -0.15) is 0 Å². The maximum atomic E-state index is 13.4. The predicted molar refractivity (Wildman–Crippen MR) is 66.9 cm³/mol. The highest BCUT2D eigenvalue weighted by molar-refractivity contribution is 5.91. The van der Waals surface area contributed by atoms with E-state index >= 15 is 0 Å². The van der Waals surface area contributed by atoms with Gasteiger partial charge < -0.3 is 10.1 Å². The molecule has 1 heterocycles. The summed E-state index contributed by atoms with van der Waals surface area (Å²) in [5, 5.41) is 2.53. The van der Waals surface area contributed by atoms with Gasteiger partial charge in [0.05, 0.1) is 6.61 Å². The third-order valence-electron chi connectivity index (χ3n) is 3.57. The predicted octanol–water partition coefficient (Wildman–Crippen LogP) is 1.67. The van der Waals surface area contributed by atoms with Crippen LogP contribution in [0.1, 0.15) is 25.8 Å². The molecular formula is C14H15F2NO3. The molecule has 1 saturated heterocycles. The van der Waals surface area contributed by atoms with Crippen LogP contribution in [0.25, 0.3) is 0 Å². The summed E-state index contributed by atoms with van der Waals surface area (Å²) in [5.41, 5.74) is -0.578. The summed E-state index contributed by atoms with van der Waals surface area (Å²) in [5.74, 6) is -2.88. The number of benzene rings is 1. The summed E-state index contributed by atoms with van der Waals surface area (Å²) < 4.78 is 31.3. The Balaban J connectivity index is 2.41. The minimum Gasteiger partial charge on any atom is -0.464 e. The number of ether oxygens (including phenoxy) is 1. The zero-order valence-corrected chi connectivity index (χ0v) is 11.2. The fraction of sp³-hybridized carbons (Fsp3) is 0.429. The summed E-state index contributed by atoms with van der Waals surface area (Å²) in [6.07, 6.45) is 0.0154. The third-order valence-corrected chi connectivity index (χ3v) is 3.57. The second-order valence-electron chi connectivity index (χ2n) is 4.98. The van der Waals surface area contributed by atoms with Crippen molar-refractivity contribution in [3.05, 3.63) is 35.4 Å². The van der Waals surface area contributed by atoms with E-state index in [2.05, 4.69) is 5.32 Å². The normalized spacial score (nSPS) is 25.4. The average molecular weight is 283 g/mol. The number of carbonyl (C=O) groups excluding carboxylic acids is 2. The second-order valence-corrected chi connectivity index (χ2v) is 4.98. The van der Waals surface area contributed by atoms with E-state index in [-0.39, 0.29) is 18.9 Å². The van der Waals surface area contributed by atoms with Gasteiger partial charge in [-0.25, -0.2) is 13.6 Å². The van der Waals surface area contributed by atoms with Crippen LogP contribution in [-0.4, -0.2) is 24.5 Å². The summed E-state index contributed by atoms with van der Waals surface area (Å²) >= 11 is 0. The first-order valence-corrected chi connectivity index (χ1v) is 6.30. The zero-order chi connectivity index (χ0) is 14.9. The fourth-order valence-corrected chi connectivity index (χ4v) is 2.47. The molecule has 2 unspecified atom stereocenters. The highest BCUT2D eigenvalue weighted by Crippen LogP contribution is 2.36. The van der Waals surface area contributed by atoms with E-state index < -0.39 is 29.1 Å². The Morgan fingerprint density at radius 3 is 2.75 bits per heavy atom. The molecule has 108 valence electrons. The van der Waals surface area contributed by atoms with Crippen molar-refractivity contribution in [2.24, 2.45) is 0 Å². The van der Waals surface area contributed by atoms with E-state index in [0.717, 1.165) is 12.1 Å². The molecule has 0 aliphatic carbocycles. The van der Waals surface area contributed by atoms with Crippen molar-refractivity contribution in [1.29, 1.82) is 0 Å². The summed E-state index contributed by atoms with van der Waals surface area (Å²) in [6.45, 7) is 3.49. The van der Waals surface area contributed by atoms with E-state index in [1.54, 1.807) is 13.8 Å². The Bertz CT molecular complexity index is 561. The summed E-state index contributed by atoms with van der Waals surface area (Å²) in [4.78, 5) is 23.5. The van der Waals surface area contributed by atoms with Crippen LogP contribution in [0.3, 0.4) is 0 Å². The SMILES string of the molecule is CCOC(=O)C1NC(=O)CC1(C)c1ccc(F)c(F)c1. The van der Waals surface area contributed by atoms with Gasteiger partial charge in [0.2, 0.25) is 5.91 Å². The molecule has 1 aliphatic heterocycles. The lowest BCUT2D eigenvalue weighted by Gasteiger charge is -2.29. The molecule has 1 aromatic carbocycles. The Kier molecular flexibility index (Phi) is 3.74. The number of rotatable bonds is 3. The van der Waals surface area contributed by atoms with E-state index in [0.29, 0.717) is 5.56 Å². The number of esters is 1. The largest absolute Gasteiger partial charge is 0.464 e. The molecule has 20 heavy (non-hydrogen) atoms. The van der Waals surface area contributed by atoms with Gasteiger partial charge in [0.1, 0.15) is 6.04 Å². The van der Waals surface area contributed by atoms with Crippen LogP contribution in [0.4, 0.5) is 8.78 Å². The molecule has 0 spiro atoms. The molecule has 1 aromatic rings. The van der Waals surface area contributed by atoms with E-state index in [4.69, 9.17) is 4.74 Å². The quantitative estimate of drug-likeness (QED) is 0.859. The molecule has 2 rings (SSSR count). The average Bonchev–Trinajstić information content (AvgIpc) is 2.69. The van der Waals surface area contributed by atoms with Crippen LogP contribution in [0.5, 0.6) is 0 Å². The number of carbonyl (C=O) groups is 2. The van der Waals surface area contributed by atoms with Crippen molar-refractivity contribution in [2.45, 2.75) is 31.7 Å². The summed E-state index contributed by atoms with van der Waals surface area (Å²) in [6, 6.07) is 2.48. The van der Waals surface area contributed by atoms with E-state index in [1.165, 1.54) is 6.07 Å². The Hall–Kier alpha value is -1.98. The molecule has 0 aromatic heterocycles. The summed E-state index contributed by atoms with van der Waals surface area (Å²) in [7, 11) is 0. The molecule has 0 radical (unpaired) electrons. The van der Waals surface area contributed by atoms with Crippen molar-refractivity contribution in [3.8, 4) is 0 Å². The van der Waals surface area contributed by atoms with Gasteiger partial charge in [0.25, 0.3) is 0 Å². The van der Waals surface area contributed by atoms with Crippen LogP contribution in [0.15, 0.2) is 18.2 Å². The van der Waals surface area contributed by atoms with Crippen LogP contribution >= 0.6 is 0 Å². The van der Waals surface area contributed by atoms with E-state index in [9.17, 15) is 18.4 Å². The van der Waals surface area contributed by atoms with Crippen LogP contribution < -0.4 is 5.32 Å². The van der Waals surface area contributed by atoms with Crippen LogP contribution in [-0.2, 0) is 19.7 Å². The number of hydrogen-bond acceptors (Lipinski definition) is 3. The highest BCUT2D eigenvalue weighted by atomic mass is 19.2. The van der Waals surface area contributed by atoms with Crippen molar-refractivity contribution < 1.29 is 23.1 Å². The van der Waals surface area contributed by atoms with Gasteiger partial charge in [-0.3, -0.25) is 4.79 Å². The first kappa shape index (κ1) is 14.4. The van der Waals surface area contributed by atoms with Crippen molar-refractivity contribution in [2.75, 3.05) is 6.61 Å². The second kappa shape index (κ2) is 5.19. The number of amides is 1. The first-order valence-electron chi connectivity index (χ1n) is 6.30. The van der Waals surface area contributed by atoms with Crippen molar-refractivity contribution in [1.82, 2.24) is 5.32 Å². The molecular weight excluding hydrogens is 268 g/mol. The van der Waals surface area contributed by atoms with Gasteiger partial charge >= 0.3 is 5.97 Å². The smallest absolute Gasteiger partial charge is 0.329 e. The minimum atomic E-state index is -1.01. The van der Waals surface area contributed by atoms with Gasteiger partial charge in [0.15, 0.2) is 11.6 Å². The Labute approximate surface area is 115 Å². The molecule has 2 atom stereocenters. The molecule has 1 fully saturated rings. The van der Waals surface area contributed by atoms with Crippen molar-refractivity contribution in [3.63, 3.8) is 0 Å². The Morgan fingerprint density at radius 1 is 1.45 bits per heavy atom. The lowest BCUT2D eigenvalue weighted by Crippen LogP contribution is -2.45. The van der Waals surface area contributed by atoms with Crippen LogP contribution in [0, 0.1) is 11.6 Å². The number of nitrogens with one attached hydrogen (secondary N) is 1. The molecule has 0 saturated carbocycles. The van der Waals surface area contributed by atoms with Crippen LogP contribution in [0.2, 0.25) is 0 Å². The Morgan fingerprint density at radius 2 is 2.15 bits per heavy atom. The lowest BCUT2D eigenvalue weighted by atomic mass is 9.76. The zero-order valence-electron chi connectivity index (χ0n) is 11.2. The van der Waals surface area contributed by atoms with Crippen molar-refractivity contribution >= 4 is 11.9 Å². The lowest BCUT2D eigenvalue weighted by molar-refractivity contribution is -0.147. The van der Waals surface area contributed by atoms with E-state index in [1.807, 2.05) is 0 Å².